The molecule has 1 saturated heterocycles. The highest BCUT2D eigenvalue weighted by Gasteiger charge is 2.34. The molecule has 0 bridgehead atoms. The van der Waals surface area contributed by atoms with Gasteiger partial charge in [0.1, 0.15) is 17.3 Å². The number of anilines is 1. The van der Waals surface area contributed by atoms with Crippen LogP contribution in [0.1, 0.15) is 23.8 Å². The minimum Gasteiger partial charge on any atom is -0.504 e. The molecule has 1 aromatic heterocycles. The molecule has 0 radical (unpaired) electrons. The molecular formula is C32H26ClFN4O6S. The number of ether oxygens (including phenoxy) is 2. The Kier molecular flexibility index (Phi) is 10.2. The average Bonchev–Trinajstić information content (AvgIpc) is 3.64. The molecule has 4 aromatic rings. The SMILES string of the molecule is CCOc1cc(/C=N\N=C2\S/C(=C\c3cc(Cl)ccc3OCC(=O)Nc3ccc(F)cc3)C(=O)N2Cc2ccco2)ccc1O. The number of hydrogen-bond acceptors (Lipinski definition) is 9. The fourth-order valence-electron chi connectivity index (χ4n) is 4.09. The first-order chi connectivity index (χ1) is 21.8. The van der Waals surface area contributed by atoms with Crippen LogP contribution in [-0.4, -0.2) is 46.4 Å². The number of halogens is 2. The van der Waals surface area contributed by atoms with Gasteiger partial charge in [-0.15, -0.1) is 5.10 Å². The highest BCUT2D eigenvalue weighted by molar-refractivity contribution is 8.18. The van der Waals surface area contributed by atoms with Gasteiger partial charge in [-0.05, 0) is 103 Å². The largest absolute Gasteiger partial charge is 0.504 e. The number of furan rings is 1. The molecule has 0 atom stereocenters. The number of thioether (sulfide) groups is 1. The molecule has 0 unspecified atom stereocenters. The predicted molar refractivity (Wildman–Crippen MR) is 171 cm³/mol. The topological polar surface area (TPSA) is 126 Å². The molecule has 1 aliphatic heterocycles. The van der Waals surface area contributed by atoms with E-state index in [1.165, 1.54) is 47.7 Å². The van der Waals surface area contributed by atoms with E-state index in [9.17, 15) is 19.1 Å². The van der Waals surface area contributed by atoms with Crippen LogP contribution in [0, 0.1) is 5.82 Å². The molecule has 45 heavy (non-hydrogen) atoms. The van der Waals surface area contributed by atoms with Crippen molar-refractivity contribution in [1.29, 1.82) is 0 Å². The minimum absolute atomic E-state index is 0.00883. The number of carbonyl (C=O) groups is 2. The summed E-state index contributed by atoms with van der Waals surface area (Å²) in [6, 6.07) is 18.4. The molecule has 1 fully saturated rings. The van der Waals surface area contributed by atoms with Crippen molar-refractivity contribution in [3.8, 4) is 17.2 Å². The zero-order valence-electron chi connectivity index (χ0n) is 23.8. The van der Waals surface area contributed by atoms with E-state index in [4.69, 9.17) is 25.5 Å². The lowest BCUT2D eigenvalue weighted by atomic mass is 10.2. The molecular weight excluding hydrogens is 623 g/mol. The second kappa shape index (κ2) is 14.6. The van der Waals surface area contributed by atoms with Crippen LogP contribution in [0.3, 0.4) is 0 Å². The zero-order valence-corrected chi connectivity index (χ0v) is 25.3. The van der Waals surface area contributed by atoms with Gasteiger partial charge in [-0.3, -0.25) is 14.5 Å². The second-order valence-electron chi connectivity index (χ2n) is 9.39. The van der Waals surface area contributed by atoms with Gasteiger partial charge in [0.25, 0.3) is 11.8 Å². The van der Waals surface area contributed by atoms with E-state index >= 15 is 0 Å². The fourth-order valence-corrected chi connectivity index (χ4v) is 5.19. The van der Waals surface area contributed by atoms with Gasteiger partial charge in [0.05, 0.1) is 30.5 Å². The molecule has 230 valence electrons. The van der Waals surface area contributed by atoms with Gasteiger partial charge in [0.2, 0.25) is 0 Å². The quantitative estimate of drug-likeness (QED) is 0.105. The molecule has 2 amide bonds. The van der Waals surface area contributed by atoms with E-state index in [1.54, 1.807) is 48.5 Å². The highest BCUT2D eigenvalue weighted by Crippen LogP contribution is 2.36. The summed E-state index contributed by atoms with van der Waals surface area (Å²) >= 11 is 7.36. The number of benzene rings is 3. The van der Waals surface area contributed by atoms with Crippen molar-refractivity contribution in [2.45, 2.75) is 13.5 Å². The van der Waals surface area contributed by atoms with Gasteiger partial charge in [-0.2, -0.15) is 5.10 Å². The Hall–Kier alpha value is -5.07. The molecule has 13 heteroatoms. The van der Waals surface area contributed by atoms with Gasteiger partial charge in [0.15, 0.2) is 23.3 Å². The number of phenolic OH excluding ortho intramolecular Hbond substituents is 1. The molecule has 0 saturated carbocycles. The Morgan fingerprint density at radius 1 is 1.11 bits per heavy atom. The fraction of sp³-hybridized carbons (Fsp3) is 0.125. The maximum absolute atomic E-state index is 13.6. The van der Waals surface area contributed by atoms with E-state index in [1.807, 2.05) is 6.92 Å². The van der Waals surface area contributed by atoms with Gasteiger partial charge in [-0.1, -0.05) is 11.6 Å². The lowest BCUT2D eigenvalue weighted by Gasteiger charge is -2.13. The highest BCUT2D eigenvalue weighted by atomic mass is 35.5. The van der Waals surface area contributed by atoms with E-state index < -0.39 is 11.7 Å². The van der Waals surface area contributed by atoms with Gasteiger partial charge in [0, 0.05) is 16.3 Å². The normalized spacial score (nSPS) is 14.9. The Morgan fingerprint density at radius 3 is 2.69 bits per heavy atom. The molecule has 5 rings (SSSR count). The number of amides is 2. The lowest BCUT2D eigenvalue weighted by Crippen LogP contribution is -2.28. The van der Waals surface area contributed by atoms with Crippen molar-refractivity contribution in [2.75, 3.05) is 18.5 Å². The van der Waals surface area contributed by atoms with E-state index in [0.717, 1.165) is 11.8 Å². The van der Waals surface area contributed by atoms with Crippen LogP contribution in [0.25, 0.3) is 6.08 Å². The Bertz CT molecular complexity index is 1780. The van der Waals surface area contributed by atoms with Crippen molar-refractivity contribution in [3.63, 3.8) is 0 Å². The second-order valence-corrected chi connectivity index (χ2v) is 10.8. The van der Waals surface area contributed by atoms with Gasteiger partial charge in [-0.25, -0.2) is 4.39 Å². The molecule has 1 aliphatic rings. The summed E-state index contributed by atoms with van der Waals surface area (Å²) < 4.78 is 29.8. The third-order valence-corrected chi connectivity index (χ3v) is 7.39. The molecule has 10 nitrogen and oxygen atoms in total. The van der Waals surface area contributed by atoms with Crippen LogP contribution in [0.15, 0.2) is 98.6 Å². The number of carbonyl (C=O) groups excluding carboxylic acids is 2. The van der Waals surface area contributed by atoms with Crippen molar-refractivity contribution in [1.82, 2.24) is 4.90 Å². The number of amidine groups is 1. The van der Waals surface area contributed by atoms with E-state index in [2.05, 4.69) is 15.5 Å². The number of hydrogen-bond donors (Lipinski definition) is 2. The molecule has 2 heterocycles. The van der Waals surface area contributed by atoms with Crippen molar-refractivity contribution < 1.29 is 33.0 Å². The van der Waals surface area contributed by atoms with Crippen LogP contribution < -0.4 is 14.8 Å². The summed E-state index contributed by atoms with van der Waals surface area (Å²) in [5.41, 5.74) is 1.51. The average molecular weight is 649 g/mol. The summed E-state index contributed by atoms with van der Waals surface area (Å²) in [5.74, 6) is -0.0486. The summed E-state index contributed by atoms with van der Waals surface area (Å²) in [7, 11) is 0. The van der Waals surface area contributed by atoms with Crippen LogP contribution >= 0.6 is 23.4 Å². The monoisotopic (exact) mass is 648 g/mol. The van der Waals surface area contributed by atoms with Crippen LogP contribution in [0.2, 0.25) is 5.02 Å². The zero-order chi connectivity index (χ0) is 31.8. The predicted octanol–water partition coefficient (Wildman–Crippen LogP) is 6.70. The van der Waals surface area contributed by atoms with E-state index in [0.29, 0.717) is 55.8 Å². The van der Waals surface area contributed by atoms with Crippen LogP contribution in [-0.2, 0) is 16.1 Å². The first-order valence-electron chi connectivity index (χ1n) is 13.6. The minimum atomic E-state index is -0.458. The Labute approximate surface area is 266 Å². The summed E-state index contributed by atoms with van der Waals surface area (Å²) in [5, 5.41) is 21.8. The molecule has 2 N–H and O–H groups in total. The lowest BCUT2D eigenvalue weighted by molar-refractivity contribution is -0.122. The Balaban J connectivity index is 1.37. The number of aromatic hydroxyl groups is 1. The maximum Gasteiger partial charge on any atom is 0.267 e. The van der Waals surface area contributed by atoms with Crippen molar-refractivity contribution in [3.05, 3.63) is 112 Å². The molecule has 0 spiro atoms. The van der Waals surface area contributed by atoms with Gasteiger partial charge < -0.3 is 24.3 Å². The standard InChI is InChI=1S/C32H26ClFN4O6S/c1-2-42-28-14-20(5-11-26(28)39)17-35-37-32-38(18-25-4-3-13-43-25)31(41)29(45-32)16-21-15-22(33)6-12-27(21)44-19-30(40)36-24-9-7-23(34)8-10-24/h3-17,39H,2,18-19H2,1H3,(H,36,40)/b29-16-,35-17-,37-32+. The van der Waals surface area contributed by atoms with Crippen molar-refractivity contribution in [2.24, 2.45) is 10.2 Å². The summed E-state index contributed by atoms with van der Waals surface area (Å²) in [4.78, 5) is 27.8. The number of nitrogens with one attached hydrogen (secondary N) is 1. The number of nitrogens with zero attached hydrogens (tertiary/aromatic N) is 3. The first kappa shape index (κ1) is 31.4. The van der Waals surface area contributed by atoms with Crippen molar-refractivity contribution >= 4 is 58.3 Å². The molecule has 0 aliphatic carbocycles. The van der Waals surface area contributed by atoms with Crippen LogP contribution in [0.4, 0.5) is 10.1 Å². The summed E-state index contributed by atoms with van der Waals surface area (Å²) in [6.07, 6.45) is 4.59. The third-order valence-electron chi connectivity index (χ3n) is 6.16. The third kappa shape index (κ3) is 8.31. The van der Waals surface area contributed by atoms with Crippen LogP contribution in [0.5, 0.6) is 17.2 Å². The van der Waals surface area contributed by atoms with Gasteiger partial charge >= 0.3 is 0 Å². The number of rotatable bonds is 11. The summed E-state index contributed by atoms with van der Waals surface area (Å²) in [6.45, 7) is 1.96. The maximum atomic E-state index is 13.6. The Morgan fingerprint density at radius 2 is 1.93 bits per heavy atom. The first-order valence-corrected chi connectivity index (χ1v) is 14.8. The van der Waals surface area contributed by atoms with E-state index in [-0.39, 0.29) is 24.8 Å². The number of phenols is 1. The molecule has 3 aromatic carbocycles. The smallest absolute Gasteiger partial charge is 0.267 e.